The number of ketones is 1. The Labute approximate surface area is 165 Å². The number of fused-ring (bicyclic) bond motifs is 1. The van der Waals surface area contributed by atoms with Crippen molar-refractivity contribution in [2.24, 2.45) is 7.05 Å². The van der Waals surface area contributed by atoms with Gasteiger partial charge in [-0.25, -0.2) is 0 Å². The molecule has 0 aromatic carbocycles. The maximum atomic E-state index is 12.6. The second kappa shape index (κ2) is 7.77. The summed E-state index contributed by atoms with van der Waals surface area (Å²) in [6.07, 6.45) is 7.73. The zero-order valence-corrected chi connectivity index (χ0v) is 16.7. The summed E-state index contributed by atoms with van der Waals surface area (Å²) in [6, 6.07) is 4.44. The SMILES string of the molecule is C[C@H]1CN(C)CCN1CC(=O)Cc1cc2cc(-c3cnn(C)c3)ncc2cn1. The molecule has 28 heavy (non-hydrogen) atoms. The molecule has 0 radical (unpaired) electrons. The number of aryl methyl sites for hydroxylation is 1. The summed E-state index contributed by atoms with van der Waals surface area (Å²) in [7, 11) is 4.02. The van der Waals surface area contributed by atoms with Crippen LogP contribution in [0.25, 0.3) is 22.0 Å². The number of nitrogens with zero attached hydrogens (tertiary/aromatic N) is 6. The van der Waals surface area contributed by atoms with E-state index in [1.54, 1.807) is 17.1 Å². The highest BCUT2D eigenvalue weighted by molar-refractivity contribution is 5.87. The van der Waals surface area contributed by atoms with Gasteiger partial charge in [-0.1, -0.05) is 0 Å². The van der Waals surface area contributed by atoms with E-state index in [2.05, 4.69) is 38.8 Å². The van der Waals surface area contributed by atoms with Crippen molar-refractivity contribution in [1.29, 1.82) is 0 Å². The van der Waals surface area contributed by atoms with Crippen LogP contribution >= 0.6 is 0 Å². The van der Waals surface area contributed by atoms with E-state index in [-0.39, 0.29) is 5.78 Å². The molecule has 1 aliphatic heterocycles. The van der Waals surface area contributed by atoms with Crippen molar-refractivity contribution < 1.29 is 4.79 Å². The number of hydrogen-bond acceptors (Lipinski definition) is 6. The standard InChI is InChI=1S/C21H26N6O/c1-15-12-25(2)4-5-27(15)14-20(28)8-19-6-16-7-21(18-11-24-26(3)13-18)23-10-17(16)9-22-19/h6-7,9-11,13,15H,4-5,8,12,14H2,1-3H3/t15-/m0/s1. The number of rotatable bonds is 5. The molecule has 0 spiro atoms. The molecule has 7 heteroatoms. The fourth-order valence-electron chi connectivity index (χ4n) is 3.79. The van der Waals surface area contributed by atoms with E-state index < -0.39 is 0 Å². The van der Waals surface area contributed by atoms with Crippen LogP contribution in [0.3, 0.4) is 0 Å². The number of likely N-dealkylation sites (N-methyl/N-ethyl adjacent to an activating group) is 1. The van der Waals surface area contributed by atoms with Gasteiger partial charge in [0, 0.05) is 68.0 Å². The van der Waals surface area contributed by atoms with Crippen LogP contribution in [0.5, 0.6) is 0 Å². The maximum Gasteiger partial charge on any atom is 0.152 e. The number of carbonyl (C=O) groups excluding carboxylic acids is 1. The molecule has 7 nitrogen and oxygen atoms in total. The maximum absolute atomic E-state index is 12.6. The van der Waals surface area contributed by atoms with Gasteiger partial charge in [0.2, 0.25) is 0 Å². The van der Waals surface area contributed by atoms with Gasteiger partial charge in [-0.3, -0.25) is 24.3 Å². The average Bonchev–Trinajstić information content (AvgIpc) is 3.10. The van der Waals surface area contributed by atoms with Gasteiger partial charge in [0.15, 0.2) is 5.78 Å². The molecule has 1 fully saturated rings. The second-order valence-corrected chi connectivity index (χ2v) is 7.79. The minimum Gasteiger partial charge on any atom is -0.304 e. The largest absolute Gasteiger partial charge is 0.304 e. The molecule has 1 saturated heterocycles. The Bertz CT molecular complexity index is 997. The summed E-state index contributed by atoms with van der Waals surface area (Å²) < 4.78 is 1.76. The van der Waals surface area contributed by atoms with E-state index in [0.29, 0.717) is 19.0 Å². The van der Waals surface area contributed by atoms with E-state index in [0.717, 1.165) is 47.4 Å². The van der Waals surface area contributed by atoms with Crippen LogP contribution in [-0.4, -0.2) is 74.6 Å². The Hall–Kier alpha value is -2.64. The number of piperazine rings is 1. The molecule has 1 atom stereocenters. The molecule has 0 saturated carbocycles. The van der Waals surface area contributed by atoms with Crippen molar-refractivity contribution in [3.05, 3.63) is 42.6 Å². The molecule has 4 heterocycles. The number of carbonyl (C=O) groups is 1. The van der Waals surface area contributed by atoms with Gasteiger partial charge < -0.3 is 4.90 Å². The van der Waals surface area contributed by atoms with Crippen molar-refractivity contribution in [2.75, 3.05) is 33.2 Å². The topological polar surface area (TPSA) is 67.2 Å². The predicted molar refractivity (Wildman–Crippen MR) is 109 cm³/mol. The van der Waals surface area contributed by atoms with Crippen LogP contribution in [0.2, 0.25) is 0 Å². The molecule has 0 N–H and O–H groups in total. The van der Waals surface area contributed by atoms with E-state index in [1.165, 1.54) is 0 Å². The van der Waals surface area contributed by atoms with Crippen molar-refractivity contribution in [1.82, 2.24) is 29.5 Å². The van der Waals surface area contributed by atoms with Gasteiger partial charge in [0.05, 0.1) is 24.9 Å². The van der Waals surface area contributed by atoms with Gasteiger partial charge in [-0.2, -0.15) is 5.10 Å². The third-order valence-electron chi connectivity index (χ3n) is 5.39. The average molecular weight is 378 g/mol. The molecule has 0 unspecified atom stereocenters. The van der Waals surface area contributed by atoms with Crippen molar-refractivity contribution in [3.63, 3.8) is 0 Å². The number of pyridine rings is 2. The fraction of sp³-hybridized carbons (Fsp3) is 0.429. The first kappa shape index (κ1) is 18.7. The van der Waals surface area contributed by atoms with Crippen LogP contribution < -0.4 is 0 Å². The summed E-state index contributed by atoms with van der Waals surface area (Å²) in [5.74, 6) is 0.213. The van der Waals surface area contributed by atoms with E-state index in [1.807, 2.05) is 31.6 Å². The predicted octanol–water partition coefficient (Wildman–Crippen LogP) is 1.78. The molecule has 146 valence electrons. The van der Waals surface area contributed by atoms with Gasteiger partial charge in [0.1, 0.15) is 0 Å². The van der Waals surface area contributed by atoms with Gasteiger partial charge in [-0.15, -0.1) is 0 Å². The van der Waals surface area contributed by atoms with E-state index >= 15 is 0 Å². The molecule has 3 aromatic heterocycles. The first-order valence-corrected chi connectivity index (χ1v) is 9.66. The van der Waals surface area contributed by atoms with E-state index in [4.69, 9.17) is 0 Å². The van der Waals surface area contributed by atoms with Gasteiger partial charge >= 0.3 is 0 Å². The van der Waals surface area contributed by atoms with Gasteiger partial charge in [-0.05, 0) is 31.5 Å². The lowest BCUT2D eigenvalue weighted by Gasteiger charge is -2.37. The zero-order valence-electron chi connectivity index (χ0n) is 16.7. The Morgan fingerprint density at radius 3 is 2.68 bits per heavy atom. The summed E-state index contributed by atoms with van der Waals surface area (Å²) >= 11 is 0. The minimum absolute atomic E-state index is 0.213. The lowest BCUT2D eigenvalue weighted by atomic mass is 10.1. The molecule has 4 rings (SSSR count). The Kier molecular flexibility index (Phi) is 5.19. The van der Waals surface area contributed by atoms with E-state index in [9.17, 15) is 4.79 Å². The van der Waals surface area contributed by atoms with Crippen LogP contribution in [-0.2, 0) is 18.3 Å². The molecular weight excluding hydrogens is 352 g/mol. The molecule has 3 aromatic rings. The van der Waals surface area contributed by atoms with Crippen LogP contribution in [0.4, 0.5) is 0 Å². The second-order valence-electron chi connectivity index (χ2n) is 7.79. The van der Waals surface area contributed by atoms with Crippen molar-refractivity contribution >= 4 is 16.6 Å². The highest BCUT2D eigenvalue weighted by Crippen LogP contribution is 2.22. The third-order valence-corrected chi connectivity index (χ3v) is 5.39. The lowest BCUT2D eigenvalue weighted by molar-refractivity contribution is -0.120. The monoisotopic (exact) mass is 378 g/mol. The first-order chi connectivity index (χ1) is 13.5. The lowest BCUT2D eigenvalue weighted by Crippen LogP contribution is -2.52. The fourth-order valence-corrected chi connectivity index (χ4v) is 3.79. The molecular formula is C21H26N6O. The number of hydrogen-bond donors (Lipinski definition) is 0. The molecule has 0 aliphatic carbocycles. The van der Waals surface area contributed by atoms with Crippen LogP contribution in [0.15, 0.2) is 36.9 Å². The summed E-state index contributed by atoms with van der Waals surface area (Å²) in [4.78, 5) is 26.2. The molecule has 1 aliphatic rings. The van der Waals surface area contributed by atoms with Crippen molar-refractivity contribution in [3.8, 4) is 11.3 Å². The Balaban J connectivity index is 1.48. The summed E-state index contributed by atoms with van der Waals surface area (Å²) in [5, 5.41) is 6.22. The summed E-state index contributed by atoms with van der Waals surface area (Å²) in [5.41, 5.74) is 2.65. The molecule has 0 bridgehead atoms. The normalized spacial score (nSPS) is 18.6. The third kappa shape index (κ3) is 4.10. The Morgan fingerprint density at radius 1 is 1.11 bits per heavy atom. The highest BCUT2D eigenvalue weighted by atomic mass is 16.1. The smallest absolute Gasteiger partial charge is 0.152 e. The molecule has 0 amide bonds. The highest BCUT2D eigenvalue weighted by Gasteiger charge is 2.23. The van der Waals surface area contributed by atoms with Crippen LogP contribution in [0, 0.1) is 0 Å². The zero-order chi connectivity index (χ0) is 19.7. The first-order valence-electron chi connectivity index (χ1n) is 9.66. The van der Waals surface area contributed by atoms with Crippen LogP contribution in [0.1, 0.15) is 12.6 Å². The number of aromatic nitrogens is 4. The van der Waals surface area contributed by atoms with Gasteiger partial charge in [0.25, 0.3) is 0 Å². The summed E-state index contributed by atoms with van der Waals surface area (Å²) in [6.45, 7) is 5.63. The quantitative estimate of drug-likeness (QED) is 0.674. The number of Topliss-reactive ketones (excluding diaryl/α,β-unsaturated/α-hetero) is 1. The Morgan fingerprint density at radius 2 is 1.93 bits per heavy atom. The van der Waals surface area contributed by atoms with Crippen molar-refractivity contribution in [2.45, 2.75) is 19.4 Å². The minimum atomic E-state index is 0.213.